The van der Waals surface area contributed by atoms with Gasteiger partial charge in [-0.2, -0.15) is 4.98 Å². The number of hydrogen-bond acceptors (Lipinski definition) is 5. The number of rotatable bonds is 5. The van der Waals surface area contributed by atoms with Crippen LogP contribution >= 0.6 is 0 Å². The Bertz CT molecular complexity index is 493. The number of aromatic nitrogens is 2. The highest BCUT2D eigenvalue weighted by Crippen LogP contribution is 2.28. The minimum atomic E-state index is -0.823. The van der Waals surface area contributed by atoms with Crippen LogP contribution in [-0.4, -0.2) is 40.2 Å². The van der Waals surface area contributed by atoms with Crippen molar-refractivity contribution < 1.29 is 14.6 Å². The molecule has 1 aromatic rings. The maximum atomic E-state index is 11.4. The average molecular weight is 279 g/mol. The fourth-order valence-electron chi connectivity index (χ4n) is 2.48. The van der Waals surface area contributed by atoms with E-state index in [2.05, 4.69) is 9.97 Å². The Kier molecular flexibility index (Phi) is 4.42. The number of anilines is 1. The zero-order chi connectivity index (χ0) is 14.7. The Balaban J connectivity index is 2.27. The highest BCUT2D eigenvalue weighted by Gasteiger charge is 2.38. The molecule has 2 rings (SSSR count). The second kappa shape index (κ2) is 6.07. The molecule has 110 valence electrons. The predicted molar refractivity (Wildman–Crippen MR) is 75.1 cm³/mol. The van der Waals surface area contributed by atoms with Crippen molar-refractivity contribution in [1.29, 1.82) is 0 Å². The van der Waals surface area contributed by atoms with E-state index in [0.717, 1.165) is 18.5 Å². The minimum absolute atomic E-state index is 0.0941. The molecule has 6 nitrogen and oxygen atoms in total. The molecule has 0 amide bonds. The molecule has 0 aliphatic carbocycles. The van der Waals surface area contributed by atoms with Crippen LogP contribution in [0.25, 0.3) is 0 Å². The zero-order valence-electron chi connectivity index (χ0n) is 12.2. The van der Waals surface area contributed by atoms with Gasteiger partial charge in [0.15, 0.2) is 0 Å². The number of carboxylic acid groups (broad SMARTS) is 1. The van der Waals surface area contributed by atoms with E-state index in [4.69, 9.17) is 4.74 Å². The van der Waals surface area contributed by atoms with Gasteiger partial charge in [-0.25, -0.2) is 9.78 Å². The molecule has 0 spiro atoms. The lowest BCUT2D eigenvalue weighted by molar-refractivity contribution is -0.139. The first kappa shape index (κ1) is 14.6. The Morgan fingerprint density at radius 1 is 1.55 bits per heavy atom. The van der Waals surface area contributed by atoms with Crippen LogP contribution in [0.3, 0.4) is 0 Å². The van der Waals surface area contributed by atoms with Crippen molar-refractivity contribution in [2.75, 3.05) is 18.1 Å². The molecule has 1 saturated heterocycles. The number of aliphatic carboxylic acids is 1. The molecule has 1 fully saturated rings. The summed E-state index contributed by atoms with van der Waals surface area (Å²) < 4.78 is 5.53. The maximum Gasteiger partial charge on any atom is 0.326 e. The van der Waals surface area contributed by atoms with Gasteiger partial charge in [0.05, 0.1) is 6.61 Å². The molecule has 2 heterocycles. The number of aryl methyl sites for hydroxylation is 1. The van der Waals surface area contributed by atoms with Crippen molar-refractivity contribution in [3.63, 3.8) is 0 Å². The van der Waals surface area contributed by atoms with Crippen molar-refractivity contribution in [3.8, 4) is 5.88 Å². The van der Waals surface area contributed by atoms with Gasteiger partial charge >= 0.3 is 5.97 Å². The van der Waals surface area contributed by atoms with E-state index >= 15 is 0 Å². The molecule has 1 N–H and O–H groups in total. The van der Waals surface area contributed by atoms with Crippen LogP contribution in [-0.2, 0) is 4.79 Å². The number of nitrogens with zero attached hydrogens (tertiary/aromatic N) is 3. The summed E-state index contributed by atoms with van der Waals surface area (Å²) in [6, 6.07) is 1.21. The smallest absolute Gasteiger partial charge is 0.326 e. The van der Waals surface area contributed by atoms with Crippen LogP contribution in [0.4, 0.5) is 5.95 Å². The van der Waals surface area contributed by atoms with Crippen molar-refractivity contribution in [1.82, 2.24) is 9.97 Å². The first-order chi connectivity index (χ1) is 9.52. The summed E-state index contributed by atoms with van der Waals surface area (Å²) in [5, 5.41) is 9.37. The summed E-state index contributed by atoms with van der Waals surface area (Å²) in [7, 11) is 0. The lowest BCUT2D eigenvalue weighted by atomic mass is 10.0. The number of hydrogen-bond donors (Lipinski definition) is 1. The summed E-state index contributed by atoms with van der Waals surface area (Å²) in [4.78, 5) is 21.9. The monoisotopic (exact) mass is 279 g/mol. The number of carbonyl (C=O) groups is 1. The first-order valence-corrected chi connectivity index (χ1v) is 7.01. The van der Waals surface area contributed by atoms with Gasteiger partial charge in [0, 0.05) is 18.3 Å². The molecular weight excluding hydrogens is 258 g/mol. The van der Waals surface area contributed by atoms with Crippen LogP contribution in [0.15, 0.2) is 6.07 Å². The van der Waals surface area contributed by atoms with Gasteiger partial charge in [0.1, 0.15) is 6.04 Å². The SMILES string of the molecule is CCCOc1cc(C)nc(N2CCC(C)C2C(=O)O)n1. The normalized spacial score (nSPS) is 22.1. The van der Waals surface area contributed by atoms with Gasteiger partial charge in [-0.05, 0) is 25.7 Å². The molecule has 0 aromatic carbocycles. The number of ether oxygens (including phenoxy) is 1. The third-order valence-corrected chi connectivity index (χ3v) is 3.48. The van der Waals surface area contributed by atoms with Crippen LogP contribution in [0.5, 0.6) is 5.88 Å². The van der Waals surface area contributed by atoms with Crippen molar-refractivity contribution in [3.05, 3.63) is 11.8 Å². The van der Waals surface area contributed by atoms with Crippen LogP contribution in [0.2, 0.25) is 0 Å². The van der Waals surface area contributed by atoms with Crippen LogP contribution in [0, 0.1) is 12.8 Å². The summed E-state index contributed by atoms with van der Waals surface area (Å²) in [6.07, 6.45) is 1.73. The van der Waals surface area contributed by atoms with Crippen molar-refractivity contribution in [2.45, 2.75) is 39.7 Å². The Morgan fingerprint density at radius 3 is 2.95 bits per heavy atom. The molecule has 20 heavy (non-hydrogen) atoms. The summed E-state index contributed by atoms with van der Waals surface area (Å²) in [5.41, 5.74) is 0.782. The highest BCUT2D eigenvalue weighted by molar-refractivity contribution is 5.78. The molecule has 0 radical (unpaired) electrons. The second-order valence-electron chi connectivity index (χ2n) is 5.24. The fraction of sp³-hybridized carbons (Fsp3) is 0.643. The van der Waals surface area contributed by atoms with Gasteiger partial charge in [0.2, 0.25) is 11.8 Å². The van der Waals surface area contributed by atoms with Crippen molar-refractivity contribution in [2.24, 2.45) is 5.92 Å². The molecule has 1 aliphatic rings. The standard InChI is InChI=1S/C14H21N3O3/c1-4-7-20-11-8-10(3)15-14(16-11)17-6-5-9(2)12(17)13(18)19/h8-9,12H,4-7H2,1-3H3,(H,18,19). The molecule has 2 unspecified atom stereocenters. The Labute approximate surface area is 118 Å². The van der Waals surface area contributed by atoms with E-state index in [1.807, 2.05) is 20.8 Å². The predicted octanol–water partition coefficient (Wildman–Crippen LogP) is 1.87. The molecule has 1 aromatic heterocycles. The Morgan fingerprint density at radius 2 is 2.30 bits per heavy atom. The van der Waals surface area contributed by atoms with Gasteiger partial charge in [0.25, 0.3) is 0 Å². The van der Waals surface area contributed by atoms with E-state index in [0.29, 0.717) is 25.0 Å². The lowest BCUT2D eigenvalue weighted by Crippen LogP contribution is -2.40. The van der Waals surface area contributed by atoms with Gasteiger partial charge in [-0.1, -0.05) is 13.8 Å². The molecule has 0 bridgehead atoms. The topological polar surface area (TPSA) is 75.5 Å². The number of carboxylic acids is 1. The molecule has 0 saturated carbocycles. The van der Waals surface area contributed by atoms with Crippen LogP contribution in [0.1, 0.15) is 32.4 Å². The Hall–Kier alpha value is -1.85. The van der Waals surface area contributed by atoms with Crippen molar-refractivity contribution >= 4 is 11.9 Å². The lowest BCUT2D eigenvalue weighted by Gasteiger charge is -2.23. The second-order valence-corrected chi connectivity index (χ2v) is 5.24. The summed E-state index contributed by atoms with van der Waals surface area (Å²) >= 11 is 0. The largest absolute Gasteiger partial charge is 0.480 e. The van der Waals surface area contributed by atoms with E-state index in [-0.39, 0.29) is 5.92 Å². The quantitative estimate of drug-likeness (QED) is 0.887. The minimum Gasteiger partial charge on any atom is -0.480 e. The highest BCUT2D eigenvalue weighted by atomic mass is 16.5. The molecule has 6 heteroatoms. The zero-order valence-corrected chi connectivity index (χ0v) is 12.2. The van der Waals surface area contributed by atoms with Gasteiger partial charge in [-0.3, -0.25) is 0 Å². The van der Waals surface area contributed by atoms with Gasteiger partial charge in [-0.15, -0.1) is 0 Å². The van der Waals surface area contributed by atoms with E-state index in [1.165, 1.54) is 0 Å². The molecular formula is C14H21N3O3. The summed E-state index contributed by atoms with van der Waals surface area (Å²) in [6.45, 7) is 7.09. The van der Waals surface area contributed by atoms with Crippen LogP contribution < -0.4 is 9.64 Å². The fourth-order valence-corrected chi connectivity index (χ4v) is 2.48. The third-order valence-electron chi connectivity index (χ3n) is 3.48. The maximum absolute atomic E-state index is 11.4. The van der Waals surface area contributed by atoms with E-state index in [9.17, 15) is 9.90 Å². The van der Waals surface area contributed by atoms with E-state index < -0.39 is 12.0 Å². The molecule has 2 atom stereocenters. The summed E-state index contributed by atoms with van der Waals surface area (Å²) in [5.74, 6) is 0.235. The molecule has 1 aliphatic heterocycles. The average Bonchev–Trinajstić information content (AvgIpc) is 2.77. The third kappa shape index (κ3) is 3.00. The van der Waals surface area contributed by atoms with Gasteiger partial charge < -0.3 is 14.7 Å². The van der Waals surface area contributed by atoms with E-state index in [1.54, 1.807) is 11.0 Å². The first-order valence-electron chi connectivity index (χ1n) is 7.01.